The first-order valence-electron chi connectivity index (χ1n) is 6.47. The number of morpholine rings is 1. The summed E-state index contributed by atoms with van der Waals surface area (Å²) in [4.78, 5) is 15.5. The number of nitrogens with zero attached hydrogens (tertiary/aromatic N) is 5. The molecule has 0 unspecified atom stereocenters. The minimum atomic E-state index is 0.804. The number of rotatable bonds is 4. The number of imidazole rings is 1. The summed E-state index contributed by atoms with van der Waals surface area (Å²) >= 11 is 1.70. The quantitative estimate of drug-likeness (QED) is 0.620. The van der Waals surface area contributed by atoms with Crippen LogP contribution in [0.1, 0.15) is 6.92 Å². The largest absolute Gasteiger partial charge is 0.379 e. The molecule has 0 saturated carbocycles. The van der Waals surface area contributed by atoms with E-state index in [-0.39, 0.29) is 0 Å². The van der Waals surface area contributed by atoms with Crippen molar-refractivity contribution < 1.29 is 4.74 Å². The molecule has 0 amide bonds. The first-order valence-corrected chi connectivity index (χ1v) is 7.45. The van der Waals surface area contributed by atoms with Gasteiger partial charge >= 0.3 is 0 Å². The van der Waals surface area contributed by atoms with E-state index in [1.165, 1.54) is 0 Å². The molecule has 0 spiro atoms. The Morgan fingerprint density at radius 3 is 2.89 bits per heavy atom. The van der Waals surface area contributed by atoms with Gasteiger partial charge in [0.05, 0.1) is 26.2 Å². The predicted molar refractivity (Wildman–Crippen MR) is 74.1 cm³/mol. The second-order valence-corrected chi connectivity index (χ2v) is 5.62. The number of hydrogen-bond acceptors (Lipinski definition) is 6. The Morgan fingerprint density at radius 1 is 1.26 bits per heavy atom. The first-order chi connectivity index (χ1) is 9.38. The summed E-state index contributed by atoms with van der Waals surface area (Å²) < 4.78 is 7.45. The molecule has 1 saturated heterocycles. The van der Waals surface area contributed by atoms with Gasteiger partial charge in [-0.25, -0.2) is 15.0 Å². The molecule has 0 atom stereocenters. The van der Waals surface area contributed by atoms with Gasteiger partial charge in [0.25, 0.3) is 0 Å². The van der Waals surface area contributed by atoms with Crippen LogP contribution in [0.2, 0.25) is 0 Å². The van der Waals surface area contributed by atoms with Gasteiger partial charge in [-0.2, -0.15) is 0 Å². The van der Waals surface area contributed by atoms with E-state index < -0.39 is 0 Å². The maximum atomic E-state index is 5.36. The van der Waals surface area contributed by atoms with Crippen molar-refractivity contribution in [2.24, 2.45) is 0 Å². The van der Waals surface area contributed by atoms with Gasteiger partial charge in [-0.3, -0.25) is 4.90 Å². The molecular weight excluding hydrogens is 262 g/mol. The van der Waals surface area contributed by atoms with Gasteiger partial charge < -0.3 is 9.30 Å². The summed E-state index contributed by atoms with van der Waals surface area (Å²) in [6.07, 6.45) is 3.48. The molecule has 7 heteroatoms. The summed E-state index contributed by atoms with van der Waals surface area (Å²) in [6, 6.07) is 0. The van der Waals surface area contributed by atoms with E-state index in [2.05, 4.69) is 31.3 Å². The third-order valence-corrected chi connectivity index (χ3v) is 3.97. The van der Waals surface area contributed by atoms with Crippen molar-refractivity contribution in [3.63, 3.8) is 0 Å². The standard InChI is InChI=1S/C12H17N5OS/c1-2-19-12-10-11(13-7-14-12)17(8-15-10)9-16-3-5-18-6-4-16/h7-8H,2-6,9H2,1H3. The zero-order chi connectivity index (χ0) is 13.1. The molecule has 0 bridgehead atoms. The van der Waals surface area contributed by atoms with Crippen LogP contribution in [0.3, 0.4) is 0 Å². The summed E-state index contributed by atoms with van der Waals surface area (Å²) in [7, 11) is 0. The van der Waals surface area contributed by atoms with Gasteiger partial charge in [-0.05, 0) is 5.75 Å². The summed E-state index contributed by atoms with van der Waals surface area (Å²) in [5.41, 5.74) is 1.82. The number of aromatic nitrogens is 4. The van der Waals surface area contributed by atoms with Crippen LogP contribution in [-0.4, -0.2) is 56.5 Å². The van der Waals surface area contributed by atoms with Gasteiger partial charge in [0.15, 0.2) is 5.65 Å². The Hall–Kier alpha value is -1.18. The maximum Gasteiger partial charge on any atom is 0.165 e. The number of ether oxygens (including phenoxy) is 1. The molecule has 1 aliphatic heterocycles. The van der Waals surface area contributed by atoms with Crippen LogP contribution < -0.4 is 0 Å². The monoisotopic (exact) mass is 279 g/mol. The molecule has 1 aliphatic rings. The van der Waals surface area contributed by atoms with E-state index in [0.29, 0.717) is 0 Å². The number of hydrogen-bond donors (Lipinski definition) is 0. The second kappa shape index (κ2) is 5.85. The molecular formula is C12H17N5OS. The second-order valence-electron chi connectivity index (χ2n) is 4.37. The molecule has 19 heavy (non-hydrogen) atoms. The zero-order valence-corrected chi connectivity index (χ0v) is 11.8. The lowest BCUT2D eigenvalue weighted by Crippen LogP contribution is -2.37. The van der Waals surface area contributed by atoms with Crippen LogP contribution >= 0.6 is 11.8 Å². The van der Waals surface area contributed by atoms with Crippen molar-refractivity contribution in [1.29, 1.82) is 0 Å². The van der Waals surface area contributed by atoms with Crippen molar-refractivity contribution in [2.75, 3.05) is 32.1 Å². The third-order valence-electron chi connectivity index (χ3n) is 3.10. The van der Waals surface area contributed by atoms with Gasteiger partial charge in [-0.15, -0.1) is 11.8 Å². The van der Waals surface area contributed by atoms with Crippen molar-refractivity contribution >= 4 is 22.9 Å². The molecule has 0 radical (unpaired) electrons. The highest BCUT2D eigenvalue weighted by Gasteiger charge is 2.14. The fourth-order valence-electron chi connectivity index (χ4n) is 2.16. The Labute approximate surface area is 116 Å². The van der Waals surface area contributed by atoms with Gasteiger partial charge in [0.1, 0.15) is 16.9 Å². The smallest absolute Gasteiger partial charge is 0.165 e. The fourth-order valence-corrected chi connectivity index (χ4v) is 2.84. The van der Waals surface area contributed by atoms with Crippen molar-refractivity contribution in [3.05, 3.63) is 12.7 Å². The summed E-state index contributed by atoms with van der Waals surface area (Å²) in [5, 5.41) is 0.966. The van der Waals surface area contributed by atoms with Crippen molar-refractivity contribution in [2.45, 2.75) is 18.6 Å². The average molecular weight is 279 g/mol. The van der Waals surface area contributed by atoms with Gasteiger partial charge in [0, 0.05) is 13.1 Å². The fraction of sp³-hybridized carbons (Fsp3) is 0.583. The van der Waals surface area contributed by atoms with E-state index in [1.807, 2.05) is 6.33 Å². The van der Waals surface area contributed by atoms with Gasteiger partial charge in [-0.1, -0.05) is 6.92 Å². The van der Waals surface area contributed by atoms with Crippen LogP contribution in [0.4, 0.5) is 0 Å². The Balaban J connectivity index is 1.85. The topological polar surface area (TPSA) is 56.1 Å². The van der Waals surface area contributed by atoms with E-state index in [0.717, 1.165) is 54.9 Å². The first kappa shape index (κ1) is 12.8. The zero-order valence-electron chi connectivity index (χ0n) is 10.9. The van der Waals surface area contributed by atoms with Crippen LogP contribution in [-0.2, 0) is 11.4 Å². The normalized spacial score (nSPS) is 17.1. The highest BCUT2D eigenvalue weighted by atomic mass is 32.2. The highest BCUT2D eigenvalue weighted by Crippen LogP contribution is 2.22. The third kappa shape index (κ3) is 2.72. The molecule has 0 aliphatic carbocycles. The Kier molecular flexibility index (Phi) is 3.95. The average Bonchev–Trinajstić information content (AvgIpc) is 2.85. The summed E-state index contributed by atoms with van der Waals surface area (Å²) in [6.45, 7) is 6.45. The van der Waals surface area contributed by atoms with E-state index >= 15 is 0 Å². The maximum absolute atomic E-state index is 5.36. The minimum absolute atomic E-state index is 0.804. The molecule has 102 valence electrons. The van der Waals surface area contributed by atoms with E-state index in [1.54, 1.807) is 18.1 Å². The molecule has 3 rings (SSSR count). The lowest BCUT2D eigenvalue weighted by atomic mass is 10.4. The molecule has 1 fully saturated rings. The van der Waals surface area contributed by atoms with Crippen LogP contribution in [0, 0.1) is 0 Å². The molecule has 0 aromatic carbocycles. The van der Waals surface area contributed by atoms with E-state index in [4.69, 9.17) is 4.74 Å². The minimum Gasteiger partial charge on any atom is -0.379 e. The molecule has 2 aromatic rings. The lowest BCUT2D eigenvalue weighted by molar-refractivity contribution is 0.0240. The summed E-state index contributed by atoms with van der Waals surface area (Å²) in [5.74, 6) is 0.989. The van der Waals surface area contributed by atoms with Crippen LogP contribution in [0.5, 0.6) is 0 Å². The molecule has 3 heterocycles. The SMILES string of the molecule is CCSc1ncnc2c1ncn2CN1CCOCC1. The predicted octanol–water partition coefficient (Wildman–Crippen LogP) is 1.23. The van der Waals surface area contributed by atoms with E-state index in [9.17, 15) is 0 Å². The highest BCUT2D eigenvalue weighted by molar-refractivity contribution is 7.99. The molecule has 0 N–H and O–H groups in total. The molecule has 2 aromatic heterocycles. The Morgan fingerprint density at radius 2 is 2.11 bits per heavy atom. The van der Waals surface area contributed by atoms with Crippen LogP contribution in [0.15, 0.2) is 17.7 Å². The molecule has 6 nitrogen and oxygen atoms in total. The number of fused-ring (bicyclic) bond motifs is 1. The lowest BCUT2D eigenvalue weighted by Gasteiger charge is -2.26. The van der Waals surface area contributed by atoms with Crippen molar-refractivity contribution in [3.8, 4) is 0 Å². The van der Waals surface area contributed by atoms with Crippen molar-refractivity contribution in [1.82, 2.24) is 24.4 Å². The number of thioether (sulfide) groups is 1. The van der Waals surface area contributed by atoms with Gasteiger partial charge in [0.2, 0.25) is 0 Å². The van der Waals surface area contributed by atoms with Crippen LogP contribution in [0.25, 0.3) is 11.2 Å². The Bertz CT molecular complexity index is 552.